The third-order valence-electron chi connectivity index (χ3n) is 2.12. The predicted octanol–water partition coefficient (Wildman–Crippen LogP) is 1.97. The Bertz CT molecular complexity index is 349. The molecule has 0 heterocycles. The summed E-state index contributed by atoms with van der Waals surface area (Å²) in [4.78, 5) is 13.9. The molecule has 0 spiro atoms. The summed E-state index contributed by atoms with van der Waals surface area (Å²) in [7, 11) is 3.99. The van der Waals surface area contributed by atoms with Crippen molar-refractivity contribution in [1.82, 2.24) is 10.2 Å². The summed E-state index contributed by atoms with van der Waals surface area (Å²) in [6.07, 6.45) is 0. The zero-order valence-electron chi connectivity index (χ0n) is 9.83. The average Bonchev–Trinajstić information content (AvgIpc) is 2.16. The third-order valence-corrected chi connectivity index (χ3v) is 2.84. The van der Waals surface area contributed by atoms with Crippen LogP contribution in [0.1, 0.15) is 17.3 Å². The molecule has 1 amide bonds. The molecule has 1 rings (SSSR count). The molecule has 0 aliphatic carbocycles. The Kier molecular flexibility index (Phi) is 5.21. The molecule has 1 N–H and O–H groups in total. The maximum Gasteiger partial charge on any atom is 0.251 e. The van der Waals surface area contributed by atoms with Gasteiger partial charge in [0.2, 0.25) is 0 Å². The monoisotopic (exact) mass is 332 g/mol. The first-order valence-electron chi connectivity index (χ1n) is 5.20. The number of amides is 1. The van der Waals surface area contributed by atoms with Crippen LogP contribution in [0.2, 0.25) is 0 Å². The summed E-state index contributed by atoms with van der Waals surface area (Å²) in [5.41, 5.74) is 0.714. The van der Waals surface area contributed by atoms with E-state index in [4.69, 9.17) is 0 Å². The molecule has 0 aliphatic heterocycles. The fourth-order valence-corrected chi connectivity index (χ4v) is 1.86. The fraction of sp³-hybridized carbons (Fsp3) is 0.417. The van der Waals surface area contributed by atoms with Crippen molar-refractivity contribution < 1.29 is 4.79 Å². The second-order valence-corrected chi connectivity index (χ2v) is 5.39. The highest BCUT2D eigenvalue weighted by molar-refractivity contribution is 14.1. The molecule has 1 aromatic carbocycles. The maximum absolute atomic E-state index is 11.8. The second kappa shape index (κ2) is 6.20. The normalized spacial score (nSPS) is 12.6. The molecule has 88 valence electrons. The number of nitrogens with one attached hydrogen (secondary N) is 1. The molecule has 1 atom stereocenters. The summed E-state index contributed by atoms with van der Waals surface area (Å²) >= 11 is 2.22. The van der Waals surface area contributed by atoms with E-state index in [0.717, 1.165) is 10.1 Å². The number of carbonyl (C=O) groups excluding carboxylic acids is 1. The first kappa shape index (κ1) is 13.4. The number of benzene rings is 1. The van der Waals surface area contributed by atoms with E-state index in [1.54, 1.807) is 0 Å². The van der Waals surface area contributed by atoms with Crippen LogP contribution in [0.25, 0.3) is 0 Å². The molecule has 4 heteroatoms. The number of carbonyl (C=O) groups is 1. The molecule has 0 fully saturated rings. The van der Waals surface area contributed by atoms with E-state index in [9.17, 15) is 4.79 Å². The molecule has 0 saturated carbocycles. The van der Waals surface area contributed by atoms with Crippen LogP contribution in [-0.2, 0) is 0 Å². The highest BCUT2D eigenvalue weighted by Gasteiger charge is 2.09. The van der Waals surface area contributed by atoms with Crippen LogP contribution < -0.4 is 5.32 Å². The Morgan fingerprint density at radius 2 is 1.94 bits per heavy atom. The van der Waals surface area contributed by atoms with E-state index in [0.29, 0.717) is 5.56 Å². The molecule has 1 unspecified atom stereocenters. The fourth-order valence-electron chi connectivity index (χ4n) is 1.50. The second-order valence-electron chi connectivity index (χ2n) is 4.14. The molecule has 1 aromatic rings. The standard InChI is InChI=1S/C12H17IN2O/c1-9(8-15(2)3)14-12(16)10-4-6-11(13)7-5-10/h4-7,9H,8H2,1-3H3,(H,14,16). The molecule has 0 aliphatic rings. The molecular weight excluding hydrogens is 315 g/mol. The van der Waals surface area contributed by atoms with Crippen LogP contribution in [0, 0.1) is 3.57 Å². The highest BCUT2D eigenvalue weighted by Crippen LogP contribution is 2.06. The third kappa shape index (κ3) is 4.49. The van der Waals surface area contributed by atoms with Crippen molar-refractivity contribution >= 4 is 28.5 Å². The quantitative estimate of drug-likeness (QED) is 0.855. The lowest BCUT2D eigenvalue weighted by molar-refractivity contribution is 0.0934. The first-order chi connectivity index (χ1) is 7.49. The minimum atomic E-state index is -0.00856. The highest BCUT2D eigenvalue weighted by atomic mass is 127. The topological polar surface area (TPSA) is 32.3 Å². The zero-order valence-corrected chi connectivity index (χ0v) is 12.0. The summed E-state index contributed by atoms with van der Waals surface area (Å²) in [6, 6.07) is 7.72. The van der Waals surface area contributed by atoms with Crippen molar-refractivity contribution in [3.05, 3.63) is 33.4 Å². The van der Waals surface area contributed by atoms with Gasteiger partial charge in [-0.15, -0.1) is 0 Å². The van der Waals surface area contributed by atoms with Crippen molar-refractivity contribution in [3.8, 4) is 0 Å². The number of hydrogen-bond acceptors (Lipinski definition) is 2. The minimum Gasteiger partial charge on any atom is -0.348 e. The van der Waals surface area contributed by atoms with Crippen LogP contribution in [-0.4, -0.2) is 37.5 Å². The predicted molar refractivity (Wildman–Crippen MR) is 74.6 cm³/mol. The minimum absolute atomic E-state index is 0.00856. The maximum atomic E-state index is 11.8. The molecule has 16 heavy (non-hydrogen) atoms. The van der Waals surface area contributed by atoms with Gasteiger partial charge in [-0.1, -0.05) is 0 Å². The zero-order chi connectivity index (χ0) is 12.1. The largest absolute Gasteiger partial charge is 0.348 e. The van der Waals surface area contributed by atoms with E-state index in [1.807, 2.05) is 45.3 Å². The lowest BCUT2D eigenvalue weighted by atomic mass is 10.2. The van der Waals surface area contributed by atoms with Crippen LogP contribution in [0.15, 0.2) is 24.3 Å². The van der Waals surface area contributed by atoms with Crippen molar-refractivity contribution in [3.63, 3.8) is 0 Å². The Balaban J connectivity index is 2.55. The van der Waals surface area contributed by atoms with Gasteiger partial charge in [0.25, 0.3) is 5.91 Å². The van der Waals surface area contributed by atoms with Crippen molar-refractivity contribution in [2.24, 2.45) is 0 Å². The van der Waals surface area contributed by atoms with E-state index >= 15 is 0 Å². The summed E-state index contributed by atoms with van der Waals surface area (Å²) in [5.74, 6) is -0.00856. The van der Waals surface area contributed by atoms with Gasteiger partial charge in [0.05, 0.1) is 0 Å². The van der Waals surface area contributed by atoms with Gasteiger partial charge in [0.15, 0.2) is 0 Å². The molecule has 0 bridgehead atoms. The smallest absolute Gasteiger partial charge is 0.251 e. The van der Waals surface area contributed by atoms with Crippen molar-refractivity contribution in [1.29, 1.82) is 0 Å². The van der Waals surface area contributed by atoms with Crippen LogP contribution in [0.5, 0.6) is 0 Å². The summed E-state index contributed by atoms with van der Waals surface area (Å²) in [5, 5.41) is 2.96. The van der Waals surface area contributed by atoms with Gasteiger partial charge in [-0.3, -0.25) is 4.79 Å². The average molecular weight is 332 g/mol. The van der Waals surface area contributed by atoms with E-state index < -0.39 is 0 Å². The Hall–Kier alpha value is -0.620. The van der Waals surface area contributed by atoms with E-state index in [-0.39, 0.29) is 11.9 Å². The SMILES string of the molecule is CC(CN(C)C)NC(=O)c1ccc(I)cc1. The van der Waals surface area contributed by atoms with Gasteiger partial charge >= 0.3 is 0 Å². The van der Waals surface area contributed by atoms with Crippen LogP contribution in [0.4, 0.5) is 0 Å². The lowest BCUT2D eigenvalue weighted by Gasteiger charge is -2.18. The number of hydrogen-bond donors (Lipinski definition) is 1. The number of likely N-dealkylation sites (N-methyl/N-ethyl adjacent to an activating group) is 1. The lowest BCUT2D eigenvalue weighted by Crippen LogP contribution is -2.39. The Morgan fingerprint density at radius 1 is 1.38 bits per heavy atom. The molecule has 3 nitrogen and oxygen atoms in total. The Morgan fingerprint density at radius 3 is 2.44 bits per heavy atom. The first-order valence-corrected chi connectivity index (χ1v) is 6.28. The number of nitrogens with zero attached hydrogens (tertiary/aromatic N) is 1. The molecule has 0 aromatic heterocycles. The summed E-state index contributed by atoms with van der Waals surface area (Å²) in [6.45, 7) is 2.85. The van der Waals surface area contributed by atoms with Crippen LogP contribution >= 0.6 is 22.6 Å². The molecule has 0 saturated heterocycles. The van der Waals surface area contributed by atoms with Gasteiger partial charge in [-0.2, -0.15) is 0 Å². The van der Waals surface area contributed by atoms with Gasteiger partial charge in [-0.05, 0) is 67.9 Å². The van der Waals surface area contributed by atoms with E-state index in [2.05, 4.69) is 32.8 Å². The molecular formula is C12H17IN2O. The summed E-state index contributed by atoms with van der Waals surface area (Å²) < 4.78 is 1.13. The van der Waals surface area contributed by atoms with Gasteiger partial charge < -0.3 is 10.2 Å². The van der Waals surface area contributed by atoms with Crippen LogP contribution in [0.3, 0.4) is 0 Å². The van der Waals surface area contributed by atoms with Crippen molar-refractivity contribution in [2.45, 2.75) is 13.0 Å². The van der Waals surface area contributed by atoms with Gasteiger partial charge in [-0.25, -0.2) is 0 Å². The number of rotatable bonds is 4. The van der Waals surface area contributed by atoms with Gasteiger partial charge in [0, 0.05) is 21.7 Å². The Labute approximate surface area is 110 Å². The molecule has 0 radical (unpaired) electrons. The van der Waals surface area contributed by atoms with Gasteiger partial charge in [0.1, 0.15) is 0 Å². The van der Waals surface area contributed by atoms with Crippen molar-refractivity contribution in [2.75, 3.05) is 20.6 Å². The number of halogens is 1. The van der Waals surface area contributed by atoms with E-state index in [1.165, 1.54) is 0 Å².